The fraction of sp³-hybridized carbons (Fsp3) is 0.500. The van der Waals surface area contributed by atoms with Crippen molar-refractivity contribution < 1.29 is 0 Å². The maximum absolute atomic E-state index is 4.49. The third kappa shape index (κ3) is 1.89. The summed E-state index contributed by atoms with van der Waals surface area (Å²) in [6.07, 6.45) is 4.09. The van der Waals surface area contributed by atoms with E-state index in [1.165, 1.54) is 42.7 Å². The van der Waals surface area contributed by atoms with Gasteiger partial charge in [0.1, 0.15) is 5.00 Å². The Labute approximate surface area is 111 Å². The second kappa shape index (κ2) is 4.21. The van der Waals surface area contributed by atoms with Crippen LogP contribution in [0.25, 0.3) is 10.9 Å². The lowest BCUT2D eigenvalue weighted by Crippen LogP contribution is -2.27. The van der Waals surface area contributed by atoms with Crippen LogP contribution in [0.3, 0.4) is 0 Å². The van der Waals surface area contributed by atoms with E-state index in [4.69, 9.17) is 0 Å². The molecule has 0 amide bonds. The summed E-state index contributed by atoms with van der Waals surface area (Å²) in [6, 6.07) is 9.89. The molecular weight excluding hydrogens is 242 g/mol. The molecule has 1 aliphatic carbocycles. The molecule has 1 unspecified atom stereocenters. The van der Waals surface area contributed by atoms with Crippen molar-refractivity contribution in [3.05, 3.63) is 24.3 Å². The van der Waals surface area contributed by atoms with E-state index in [1.807, 2.05) is 0 Å². The van der Waals surface area contributed by atoms with Gasteiger partial charge in [-0.2, -0.15) is 4.37 Å². The van der Waals surface area contributed by atoms with Crippen molar-refractivity contribution in [2.75, 3.05) is 18.4 Å². The van der Waals surface area contributed by atoms with E-state index in [1.54, 1.807) is 11.5 Å². The van der Waals surface area contributed by atoms with Crippen molar-refractivity contribution in [2.24, 2.45) is 0 Å². The van der Waals surface area contributed by atoms with Crippen LogP contribution in [-0.2, 0) is 0 Å². The summed E-state index contributed by atoms with van der Waals surface area (Å²) in [5, 5.41) is 6.21. The molecule has 1 saturated heterocycles. The Morgan fingerprint density at radius 1 is 1.22 bits per heavy atom. The second-order valence-corrected chi connectivity index (χ2v) is 6.16. The minimum atomic E-state index is 0.606. The zero-order valence-electron chi connectivity index (χ0n) is 10.3. The normalized spacial score (nSPS) is 24.8. The summed E-state index contributed by atoms with van der Waals surface area (Å²) in [5.41, 5.74) is 1.11. The van der Waals surface area contributed by atoms with Gasteiger partial charge in [0.05, 0.1) is 5.52 Å². The molecule has 1 atom stereocenters. The third-order valence-electron chi connectivity index (χ3n) is 4.00. The molecule has 1 saturated carbocycles. The summed E-state index contributed by atoms with van der Waals surface area (Å²) in [4.78, 5) is 2.64. The minimum Gasteiger partial charge on any atom is -0.371 e. The van der Waals surface area contributed by atoms with Crippen LogP contribution in [0.5, 0.6) is 0 Å². The molecule has 1 aliphatic heterocycles. The van der Waals surface area contributed by atoms with E-state index < -0.39 is 0 Å². The lowest BCUT2D eigenvalue weighted by molar-refractivity contribution is 0.326. The summed E-state index contributed by atoms with van der Waals surface area (Å²) < 4.78 is 4.49. The second-order valence-electron chi connectivity index (χ2n) is 5.38. The van der Waals surface area contributed by atoms with Gasteiger partial charge in [-0.3, -0.25) is 4.90 Å². The van der Waals surface area contributed by atoms with Crippen LogP contribution in [0.1, 0.15) is 19.3 Å². The van der Waals surface area contributed by atoms with Gasteiger partial charge < -0.3 is 5.32 Å². The first-order valence-electron chi connectivity index (χ1n) is 6.75. The van der Waals surface area contributed by atoms with Crippen molar-refractivity contribution in [1.82, 2.24) is 9.27 Å². The number of hydrogen-bond donors (Lipinski definition) is 1. The first-order valence-corrected chi connectivity index (χ1v) is 7.52. The van der Waals surface area contributed by atoms with E-state index in [0.29, 0.717) is 6.04 Å². The first-order chi connectivity index (χ1) is 8.90. The predicted octanol–water partition coefficient (Wildman–Crippen LogP) is 2.94. The number of hydrogen-bond acceptors (Lipinski definition) is 4. The highest BCUT2D eigenvalue weighted by Crippen LogP contribution is 2.33. The number of nitrogens with one attached hydrogen (secondary N) is 1. The van der Waals surface area contributed by atoms with E-state index in [9.17, 15) is 0 Å². The largest absolute Gasteiger partial charge is 0.371 e. The lowest BCUT2D eigenvalue weighted by atomic mass is 10.2. The molecular formula is C14H17N3S. The summed E-state index contributed by atoms with van der Waals surface area (Å²) in [6.45, 7) is 2.47. The molecule has 0 radical (unpaired) electrons. The van der Waals surface area contributed by atoms with Crippen LogP contribution in [0.2, 0.25) is 0 Å². The number of aromatic nitrogens is 1. The smallest absolute Gasteiger partial charge is 0.117 e. The molecule has 2 fully saturated rings. The molecule has 94 valence electrons. The highest BCUT2D eigenvalue weighted by Gasteiger charge is 2.34. The Bertz CT molecular complexity index is 561. The number of likely N-dealkylation sites (tertiary alicyclic amines) is 1. The van der Waals surface area contributed by atoms with Gasteiger partial charge in [-0.25, -0.2) is 0 Å². The highest BCUT2D eigenvalue weighted by atomic mass is 32.1. The fourth-order valence-electron chi connectivity index (χ4n) is 2.86. The molecule has 2 aliphatic rings. The van der Waals surface area contributed by atoms with Crippen LogP contribution < -0.4 is 5.32 Å². The lowest BCUT2D eigenvalue weighted by Gasteiger charge is -2.15. The number of benzene rings is 1. The van der Waals surface area contributed by atoms with Crippen molar-refractivity contribution in [3.8, 4) is 0 Å². The van der Waals surface area contributed by atoms with Crippen LogP contribution in [0, 0.1) is 0 Å². The van der Waals surface area contributed by atoms with E-state index >= 15 is 0 Å². The summed E-state index contributed by atoms with van der Waals surface area (Å²) in [5.74, 6) is 0. The monoisotopic (exact) mass is 259 g/mol. The van der Waals surface area contributed by atoms with Crippen LogP contribution in [0.15, 0.2) is 24.3 Å². The van der Waals surface area contributed by atoms with Crippen LogP contribution in [0.4, 0.5) is 5.00 Å². The number of anilines is 1. The van der Waals surface area contributed by atoms with Crippen LogP contribution >= 0.6 is 11.5 Å². The Kier molecular flexibility index (Phi) is 2.52. The highest BCUT2D eigenvalue weighted by molar-refractivity contribution is 7.11. The van der Waals surface area contributed by atoms with Gasteiger partial charge in [0, 0.05) is 30.6 Å². The van der Waals surface area contributed by atoms with Gasteiger partial charge >= 0.3 is 0 Å². The molecule has 18 heavy (non-hydrogen) atoms. The van der Waals surface area contributed by atoms with Crippen molar-refractivity contribution in [3.63, 3.8) is 0 Å². The van der Waals surface area contributed by atoms with Gasteiger partial charge in [0.2, 0.25) is 0 Å². The molecule has 1 aromatic carbocycles. The third-order valence-corrected chi connectivity index (χ3v) is 4.81. The number of rotatable bonds is 3. The first kappa shape index (κ1) is 10.8. The van der Waals surface area contributed by atoms with Gasteiger partial charge in [-0.15, -0.1) is 0 Å². The van der Waals surface area contributed by atoms with Crippen molar-refractivity contribution in [1.29, 1.82) is 0 Å². The average Bonchev–Trinajstić information content (AvgIpc) is 3.02. The zero-order chi connectivity index (χ0) is 11.9. The Balaban J connectivity index is 1.51. The molecule has 1 N–H and O–H groups in total. The topological polar surface area (TPSA) is 28.2 Å². The van der Waals surface area contributed by atoms with E-state index in [-0.39, 0.29) is 0 Å². The van der Waals surface area contributed by atoms with Crippen molar-refractivity contribution >= 4 is 27.4 Å². The summed E-state index contributed by atoms with van der Waals surface area (Å²) >= 11 is 1.60. The van der Waals surface area contributed by atoms with Crippen molar-refractivity contribution in [2.45, 2.75) is 31.3 Å². The fourth-order valence-corrected chi connectivity index (χ4v) is 3.69. The summed E-state index contributed by atoms with van der Waals surface area (Å²) in [7, 11) is 0. The molecule has 4 rings (SSSR count). The number of nitrogens with zero attached hydrogens (tertiary/aromatic N) is 2. The standard InChI is InChI=1S/C14H17N3S/c1-2-4-13-12(3-1)14(18-16-13)15-10-7-8-17(9-10)11-5-6-11/h1-4,10-11,15H,5-9H2. The maximum atomic E-state index is 4.49. The van der Waals surface area contributed by atoms with Gasteiger partial charge in [-0.1, -0.05) is 12.1 Å². The molecule has 0 bridgehead atoms. The average molecular weight is 259 g/mol. The molecule has 2 heterocycles. The Morgan fingerprint density at radius 2 is 2.11 bits per heavy atom. The zero-order valence-corrected chi connectivity index (χ0v) is 11.1. The Hall–Kier alpha value is -1.13. The minimum absolute atomic E-state index is 0.606. The molecule has 4 heteroatoms. The van der Waals surface area contributed by atoms with E-state index in [0.717, 1.165) is 11.6 Å². The Morgan fingerprint density at radius 3 is 3.00 bits per heavy atom. The maximum Gasteiger partial charge on any atom is 0.117 e. The molecule has 3 nitrogen and oxygen atoms in total. The van der Waals surface area contributed by atoms with Crippen LogP contribution in [-0.4, -0.2) is 34.4 Å². The van der Waals surface area contributed by atoms with Gasteiger partial charge in [0.15, 0.2) is 0 Å². The van der Waals surface area contributed by atoms with Gasteiger partial charge in [-0.05, 0) is 42.9 Å². The molecule has 2 aromatic rings. The van der Waals surface area contributed by atoms with E-state index in [2.05, 4.69) is 38.9 Å². The predicted molar refractivity (Wildman–Crippen MR) is 76.2 cm³/mol. The molecule has 0 spiro atoms. The SMILES string of the molecule is c1ccc2c(NC3CCN(C4CC4)C3)snc2c1. The van der Waals surface area contributed by atoms with Gasteiger partial charge in [0.25, 0.3) is 0 Å². The quantitative estimate of drug-likeness (QED) is 0.918. The molecule has 1 aromatic heterocycles. The number of fused-ring (bicyclic) bond motifs is 1.